The van der Waals surface area contributed by atoms with Crippen LogP contribution in [0.25, 0.3) is 0 Å². The molecule has 0 unspecified atom stereocenters. The van der Waals surface area contributed by atoms with Gasteiger partial charge in [-0.3, -0.25) is 0 Å². The molecule has 0 heterocycles. The SMILES string of the molecule is CCN([Si]Cl)c1ccccc1C. The standard InChI is InChI=1S/C9H12ClNSi/c1-3-11(12-10)9-7-5-4-6-8(9)2/h4-7H,3H2,1-2H3. The second-order valence-corrected chi connectivity index (χ2v) is 3.83. The largest absolute Gasteiger partial charge is 0.385 e. The number of benzene rings is 1. The van der Waals surface area contributed by atoms with Crippen LogP contribution in [0.4, 0.5) is 5.69 Å². The number of hydrogen-bond acceptors (Lipinski definition) is 1. The van der Waals surface area contributed by atoms with Crippen LogP contribution in [-0.2, 0) is 0 Å². The molecule has 0 aliphatic heterocycles. The molecular formula is C9H12ClNSi. The summed E-state index contributed by atoms with van der Waals surface area (Å²) in [4.78, 5) is 0. The zero-order valence-electron chi connectivity index (χ0n) is 7.34. The Bertz CT molecular complexity index is 248. The normalized spacial score (nSPS) is 9.92. The maximum absolute atomic E-state index is 5.83. The fourth-order valence-corrected chi connectivity index (χ4v) is 2.24. The van der Waals surface area contributed by atoms with E-state index in [4.69, 9.17) is 11.1 Å². The van der Waals surface area contributed by atoms with E-state index in [-0.39, 0.29) is 0 Å². The van der Waals surface area contributed by atoms with Crippen LogP contribution in [0.2, 0.25) is 0 Å². The molecule has 0 atom stereocenters. The van der Waals surface area contributed by atoms with Crippen molar-refractivity contribution in [2.24, 2.45) is 0 Å². The van der Waals surface area contributed by atoms with Crippen LogP contribution < -0.4 is 4.57 Å². The summed E-state index contributed by atoms with van der Waals surface area (Å²) < 4.78 is 2.16. The van der Waals surface area contributed by atoms with Crippen LogP contribution in [-0.4, -0.2) is 15.5 Å². The van der Waals surface area contributed by atoms with Crippen LogP contribution >= 0.6 is 11.1 Å². The molecule has 1 aromatic rings. The molecule has 1 rings (SSSR count). The third kappa shape index (κ3) is 2.02. The van der Waals surface area contributed by atoms with Crippen molar-refractivity contribution in [1.29, 1.82) is 0 Å². The van der Waals surface area contributed by atoms with Gasteiger partial charge in [-0.15, -0.1) is 11.1 Å². The number of aryl methyl sites for hydroxylation is 1. The minimum absolute atomic E-state index is 0.328. The summed E-state index contributed by atoms with van der Waals surface area (Å²) in [5.41, 5.74) is 2.53. The first-order chi connectivity index (χ1) is 5.79. The molecule has 64 valence electrons. The maximum Gasteiger partial charge on any atom is 0.311 e. The van der Waals surface area contributed by atoms with Gasteiger partial charge >= 0.3 is 8.99 Å². The monoisotopic (exact) mass is 197 g/mol. The Morgan fingerprint density at radius 2 is 2.08 bits per heavy atom. The summed E-state index contributed by atoms with van der Waals surface area (Å²) in [6.07, 6.45) is 0. The van der Waals surface area contributed by atoms with Crippen molar-refractivity contribution in [3.8, 4) is 0 Å². The Labute approximate surface area is 80.9 Å². The zero-order chi connectivity index (χ0) is 8.97. The second-order valence-electron chi connectivity index (χ2n) is 2.62. The predicted molar refractivity (Wildman–Crippen MR) is 55.8 cm³/mol. The van der Waals surface area contributed by atoms with E-state index in [0.29, 0.717) is 8.99 Å². The highest BCUT2D eigenvalue weighted by atomic mass is 35.6. The van der Waals surface area contributed by atoms with Crippen LogP contribution in [0.1, 0.15) is 12.5 Å². The molecule has 0 aliphatic carbocycles. The number of hydrogen-bond donors (Lipinski definition) is 0. The topological polar surface area (TPSA) is 3.24 Å². The zero-order valence-corrected chi connectivity index (χ0v) is 9.10. The van der Waals surface area contributed by atoms with E-state index in [1.807, 2.05) is 12.1 Å². The third-order valence-corrected chi connectivity index (χ3v) is 3.20. The van der Waals surface area contributed by atoms with Crippen LogP contribution in [0.15, 0.2) is 24.3 Å². The maximum atomic E-state index is 5.83. The average molecular weight is 198 g/mol. The van der Waals surface area contributed by atoms with Crippen molar-refractivity contribution in [2.45, 2.75) is 13.8 Å². The predicted octanol–water partition coefficient (Wildman–Crippen LogP) is 2.59. The smallest absolute Gasteiger partial charge is 0.311 e. The lowest BCUT2D eigenvalue weighted by molar-refractivity contribution is 1.09. The van der Waals surface area contributed by atoms with Gasteiger partial charge in [0.15, 0.2) is 0 Å². The molecule has 1 nitrogen and oxygen atoms in total. The summed E-state index contributed by atoms with van der Waals surface area (Å²) >= 11 is 5.83. The summed E-state index contributed by atoms with van der Waals surface area (Å²) in [7, 11) is 0.328. The van der Waals surface area contributed by atoms with E-state index < -0.39 is 0 Å². The van der Waals surface area contributed by atoms with E-state index in [1.165, 1.54) is 11.3 Å². The minimum Gasteiger partial charge on any atom is -0.385 e. The fraction of sp³-hybridized carbons (Fsp3) is 0.333. The molecular weight excluding hydrogens is 186 g/mol. The van der Waals surface area contributed by atoms with E-state index in [0.717, 1.165) is 6.54 Å². The highest BCUT2D eigenvalue weighted by molar-refractivity contribution is 6.95. The summed E-state index contributed by atoms with van der Waals surface area (Å²) in [6, 6.07) is 8.30. The highest BCUT2D eigenvalue weighted by Crippen LogP contribution is 2.18. The molecule has 0 saturated carbocycles. The van der Waals surface area contributed by atoms with Gasteiger partial charge in [0.05, 0.1) is 0 Å². The molecule has 0 amide bonds. The van der Waals surface area contributed by atoms with E-state index in [9.17, 15) is 0 Å². The molecule has 2 radical (unpaired) electrons. The molecule has 1 aromatic carbocycles. The first kappa shape index (κ1) is 9.61. The second kappa shape index (κ2) is 4.53. The number of rotatable bonds is 3. The van der Waals surface area contributed by atoms with Gasteiger partial charge in [-0.25, -0.2) is 0 Å². The van der Waals surface area contributed by atoms with Crippen molar-refractivity contribution >= 4 is 25.8 Å². The van der Waals surface area contributed by atoms with Gasteiger partial charge in [-0.1, -0.05) is 18.2 Å². The number of halogens is 1. The van der Waals surface area contributed by atoms with Gasteiger partial charge in [0.1, 0.15) is 0 Å². The fourth-order valence-electron chi connectivity index (χ4n) is 1.14. The number of nitrogens with zero attached hydrogens (tertiary/aromatic N) is 1. The van der Waals surface area contributed by atoms with Crippen molar-refractivity contribution in [2.75, 3.05) is 11.1 Å². The summed E-state index contributed by atoms with van der Waals surface area (Å²) in [5, 5.41) is 0. The number of para-hydroxylation sites is 1. The lowest BCUT2D eigenvalue weighted by atomic mass is 10.2. The lowest BCUT2D eigenvalue weighted by Crippen LogP contribution is -2.24. The first-order valence-corrected chi connectivity index (χ1v) is 5.95. The van der Waals surface area contributed by atoms with Crippen molar-refractivity contribution in [1.82, 2.24) is 0 Å². The highest BCUT2D eigenvalue weighted by Gasteiger charge is 2.05. The molecule has 12 heavy (non-hydrogen) atoms. The van der Waals surface area contributed by atoms with Gasteiger partial charge < -0.3 is 4.57 Å². The quantitative estimate of drug-likeness (QED) is 0.532. The molecule has 0 bridgehead atoms. The third-order valence-electron chi connectivity index (χ3n) is 1.82. The Balaban J connectivity index is 2.92. The Hall–Kier alpha value is -0.473. The minimum atomic E-state index is 0.328. The summed E-state index contributed by atoms with van der Waals surface area (Å²) in [5.74, 6) is 0. The Morgan fingerprint density at radius 1 is 1.42 bits per heavy atom. The molecule has 0 aliphatic rings. The Morgan fingerprint density at radius 3 is 2.58 bits per heavy atom. The van der Waals surface area contributed by atoms with E-state index in [1.54, 1.807) is 0 Å². The van der Waals surface area contributed by atoms with Crippen molar-refractivity contribution < 1.29 is 0 Å². The van der Waals surface area contributed by atoms with Gasteiger partial charge in [-0.05, 0) is 25.5 Å². The van der Waals surface area contributed by atoms with Crippen LogP contribution in [0, 0.1) is 6.92 Å². The van der Waals surface area contributed by atoms with Crippen LogP contribution in [0.3, 0.4) is 0 Å². The van der Waals surface area contributed by atoms with Crippen LogP contribution in [0.5, 0.6) is 0 Å². The van der Waals surface area contributed by atoms with Gasteiger partial charge in [0.25, 0.3) is 0 Å². The molecule has 0 saturated heterocycles. The van der Waals surface area contributed by atoms with Gasteiger partial charge in [0, 0.05) is 12.2 Å². The molecule has 0 fully saturated rings. The number of anilines is 1. The molecule has 3 heteroatoms. The summed E-state index contributed by atoms with van der Waals surface area (Å²) in [6.45, 7) is 5.18. The lowest BCUT2D eigenvalue weighted by Gasteiger charge is -2.20. The molecule has 0 spiro atoms. The average Bonchev–Trinajstić information content (AvgIpc) is 2.10. The van der Waals surface area contributed by atoms with Gasteiger partial charge in [-0.2, -0.15) is 0 Å². The van der Waals surface area contributed by atoms with Crippen molar-refractivity contribution in [3.63, 3.8) is 0 Å². The Kier molecular flexibility index (Phi) is 3.63. The first-order valence-electron chi connectivity index (χ1n) is 3.99. The molecule has 0 aromatic heterocycles. The van der Waals surface area contributed by atoms with E-state index in [2.05, 4.69) is 30.5 Å². The van der Waals surface area contributed by atoms with E-state index >= 15 is 0 Å². The van der Waals surface area contributed by atoms with Gasteiger partial charge in [0.2, 0.25) is 0 Å². The molecule has 0 N–H and O–H groups in total. The van der Waals surface area contributed by atoms with Crippen molar-refractivity contribution in [3.05, 3.63) is 29.8 Å².